The second-order valence-electron chi connectivity index (χ2n) is 9.06. The zero-order valence-corrected chi connectivity index (χ0v) is 20.8. The summed E-state index contributed by atoms with van der Waals surface area (Å²) in [7, 11) is 1.57. The Morgan fingerprint density at radius 2 is 1.92 bits per heavy atom. The van der Waals surface area contributed by atoms with Gasteiger partial charge in [0, 0.05) is 31.7 Å². The molecule has 0 aliphatic heterocycles. The molecule has 0 unspecified atom stereocenters. The molecule has 0 saturated carbocycles. The molecule has 0 fully saturated rings. The van der Waals surface area contributed by atoms with Gasteiger partial charge < -0.3 is 29.8 Å². The van der Waals surface area contributed by atoms with Crippen LogP contribution < -0.4 is 20.7 Å². The standard InChI is InChI=1S/C26H31FN4O5/c1-26(2,3)36-25(33)29-15-18(14-27)16-34-19-10-11-20-22(13-19)35-24(30-20)31-21(23(32)28-4)12-17-8-6-5-7-9-17/h5-11,13-14,21H,12,15-16H2,1-4H3,(H,28,32)(H,29,33)(H,30,31)/b18-14-/t21-/m1/s1. The molecule has 3 N–H and O–H groups in total. The molecule has 192 valence electrons. The Balaban J connectivity index is 1.61. The second-order valence-corrected chi connectivity index (χ2v) is 9.06. The van der Waals surface area contributed by atoms with Crippen molar-refractivity contribution in [3.63, 3.8) is 0 Å². The summed E-state index contributed by atoms with van der Waals surface area (Å²) >= 11 is 0. The molecular formula is C26H31FN4O5. The van der Waals surface area contributed by atoms with Gasteiger partial charge in [-0.25, -0.2) is 9.18 Å². The van der Waals surface area contributed by atoms with Crippen molar-refractivity contribution in [2.45, 2.75) is 38.8 Å². The normalized spacial score (nSPS) is 12.6. The number of nitrogens with zero attached hydrogens (tertiary/aromatic N) is 1. The van der Waals surface area contributed by atoms with Gasteiger partial charge in [0.15, 0.2) is 5.58 Å². The summed E-state index contributed by atoms with van der Waals surface area (Å²) in [4.78, 5) is 28.6. The third-order valence-corrected chi connectivity index (χ3v) is 4.94. The van der Waals surface area contributed by atoms with Crippen molar-refractivity contribution >= 4 is 29.1 Å². The maximum absolute atomic E-state index is 13.3. The van der Waals surface area contributed by atoms with Gasteiger partial charge in [0.1, 0.15) is 29.5 Å². The number of carbonyl (C=O) groups excluding carboxylic acids is 2. The molecule has 1 aromatic heterocycles. The van der Waals surface area contributed by atoms with Crippen LogP contribution >= 0.6 is 0 Å². The van der Waals surface area contributed by atoms with Gasteiger partial charge in [-0.3, -0.25) is 4.79 Å². The number of oxazole rings is 1. The van der Waals surface area contributed by atoms with Crippen molar-refractivity contribution in [2.24, 2.45) is 0 Å². The number of amides is 2. The molecule has 0 bridgehead atoms. The van der Waals surface area contributed by atoms with Gasteiger partial charge in [0.25, 0.3) is 6.01 Å². The number of aromatic nitrogens is 1. The van der Waals surface area contributed by atoms with Crippen LogP contribution in [0.5, 0.6) is 5.75 Å². The average molecular weight is 499 g/mol. The fourth-order valence-corrected chi connectivity index (χ4v) is 3.24. The van der Waals surface area contributed by atoms with Crippen LogP contribution in [0.2, 0.25) is 0 Å². The number of halogens is 1. The van der Waals surface area contributed by atoms with Crippen LogP contribution in [0.15, 0.2) is 64.9 Å². The number of anilines is 1. The molecule has 0 aliphatic rings. The van der Waals surface area contributed by atoms with Crippen molar-refractivity contribution in [3.05, 3.63) is 66.0 Å². The fourth-order valence-electron chi connectivity index (χ4n) is 3.24. The number of rotatable bonds is 10. The highest BCUT2D eigenvalue weighted by atomic mass is 19.1. The minimum atomic E-state index is -0.651. The Bertz CT molecular complexity index is 1200. The Labute approximate surface area is 209 Å². The van der Waals surface area contributed by atoms with Crippen molar-refractivity contribution in [2.75, 3.05) is 25.5 Å². The smallest absolute Gasteiger partial charge is 0.407 e. The van der Waals surface area contributed by atoms with Gasteiger partial charge in [0.2, 0.25) is 5.91 Å². The highest BCUT2D eigenvalue weighted by molar-refractivity contribution is 5.85. The molecule has 0 aliphatic carbocycles. The molecule has 1 heterocycles. The number of carbonyl (C=O) groups is 2. The molecule has 0 saturated heterocycles. The van der Waals surface area contributed by atoms with Gasteiger partial charge in [0.05, 0.1) is 6.33 Å². The van der Waals surface area contributed by atoms with Gasteiger partial charge in [-0.2, -0.15) is 4.98 Å². The number of hydrogen-bond donors (Lipinski definition) is 3. The quantitative estimate of drug-likeness (QED) is 0.381. The highest BCUT2D eigenvalue weighted by Crippen LogP contribution is 2.25. The lowest BCUT2D eigenvalue weighted by molar-refractivity contribution is -0.121. The number of nitrogens with one attached hydrogen (secondary N) is 3. The first-order chi connectivity index (χ1) is 17.2. The van der Waals surface area contributed by atoms with E-state index in [1.54, 1.807) is 46.0 Å². The van der Waals surface area contributed by atoms with Crippen molar-refractivity contribution in [1.29, 1.82) is 0 Å². The summed E-state index contributed by atoms with van der Waals surface area (Å²) in [5.41, 5.74) is 1.55. The van der Waals surface area contributed by atoms with E-state index in [1.165, 1.54) is 0 Å². The van der Waals surface area contributed by atoms with E-state index in [0.29, 0.717) is 29.6 Å². The molecule has 2 amide bonds. The first kappa shape index (κ1) is 26.5. The van der Waals surface area contributed by atoms with E-state index in [2.05, 4.69) is 20.9 Å². The molecule has 9 nitrogen and oxygen atoms in total. The van der Waals surface area contributed by atoms with E-state index in [1.807, 2.05) is 30.3 Å². The number of alkyl carbamates (subject to hydrolysis) is 1. The summed E-state index contributed by atoms with van der Waals surface area (Å²) < 4.78 is 29.8. The first-order valence-corrected chi connectivity index (χ1v) is 11.5. The molecular weight excluding hydrogens is 467 g/mol. The molecule has 36 heavy (non-hydrogen) atoms. The van der Waals surface area contributed by atoms with Crippen molar-refractivity contribution in [1.82, 2.24) is 15.6 Å². The summed E-state index contributed by atoms with van der Waals surface area (Å²) in [6, 6.07) is 14.2. The van der Waals surface area contributed by atoms with E-state index in [9.17, 15) is 14.0 Å². The van der Waals surface area contributed by atoms with Gasteiger partial charge in [-0.05, 0) is 38.5 Å². The molecule has 3 aromatic rings. The number of benzene rings is 2. The molecule has 0 spiro atoms. The van der Waals surface area contributed by atoms with Crippen LogP contribution in [0.4, 0.5) is 15.2 Å². The maximum atomic E-state index is 13.3. The lowest BCUT2D eigenvalue weighted by Gasteiger charge is -2.20. The topological polar surface area (TPSA) is 115 Å². The lowest BCUT2D eigenvalue weighted by atomic mass is 10.1. The molecule has 1 atom stereocenters. The molecule has 2 aromatic carbocycles. The van der Waals surface area contributed by atoms with Crippen molar-refractivity contribution < 1.29 is 27.9 Å². The van der Waals surface area contributed by atoms with Gasteiger partial charge >= 0.3 is 6.09 Å². The number of hydrogen-bond acceptors (Lipinski definition) is 7. The molecule has 0 radical (unpaired) electrons. The first-order valence-electron chi connectivity index (χ1n) is 11.5. The van der Waals surface area contributed by atoms with Crippen LogP contribution in [0.3, 0.4) is 0 Å². The largest absolute Gasteiger partial charge is 0.489 e. The molecule has 10 heteroatoms. The second kappa shape index (κ2) is 12.1. The van der Waals surface area contributed by atoms with E-state index < -0.39 is 17.7 Å². The van der Waals surface area contributed by atoms with Crippen LogP contribution in [0, 0.1) is 0 Å². The highest BCUT2D eigenvalue weighted by Gasteiger charge is 2.20. The van der Waals surface area contributed by atoms with Crippen LogP contribution in [-0.2, 0) is 16.0 Å². The van der Waals surface area contributed by atoms with Crippen LogP contribution in [0.25, 0.3) is 11.1 Å². The number of likely N-dealkylation sites (N-methyl/N-ethyl adjacent to an activating group) is 1. The average Bonchev–Trinajstić information content (AvgIpc) is 3.24. The summed E-state index contributed by atoms with van der Waals surface area (Å²) in [5.74, 6) is 0.226. The predicted octanol–water partition coefficient (Wildman–Crippen LogP) is 4.35. The zero-order chi connectivity index (χ0) is 26.1. The summed E-state index contributed by atoms with van der Waals surface area (Å²) in [6.07, 6.45) is 0.189. The molecule has 3 rings (SSSR count). The fraction of sp³-hybridized carbons (Fsp3) is 0.346. The van der Waals surface area contributed by atoms with Gasteiger partial charge in [-0.15, -0.1) is 0 Å². The minimum Gasteiger partial charge on any atom is -0.489 e. The Kier molecular flexibility index (Phi) is 8.88. The van der Waals surface area contributed by atoms with Crippen molar-refractivity contribution in [3.8, 4) is 5.75 Å². The van der Waals surface area contributed by atoms with E-state index in [4.69, 9.17) is 13.9 Å². The summed E-state index contributed by atoms with van der Waals surface area (Å²) in [5, 5.41) is 8.19. The number of ether oxygens (including phenoxy) is 2. The van der Waals surface area contributed by atoms with Crippen LogP contribution in [-0.4, -0.2) is 48.8 Å². The lowest BCUT2D eigenvalue weighted by Crippen LogP contribution is -2.39. The predicted molar refractivity (Wildman–Crippen MR) is 135 cm³/mol. The van der Waals surface area contributed by atoms with Gasteiger partial charge in [-0.1, -0.05) is 30.3 Å². The number of fused-ring (bicyclic) bond motifs is 1. The third kappa shape index (κ3) is 8.00. The van der Waals surface area contributed by atoms with Crippen LogP contribution in [0.1, 0.15) is 26.3 Å². The zero-order valence-electron chi connectivity index (χ0n) is 20.8. The Morgan fingerprint density at radius 3 is 2.58 bits per heavy atom. The Morgan fingerprint density at radius 1 is 1.17 bits per heavy atom. The third-order valence-electron chi connectivity index (χ3n) is 4.94. The van der Waals surface area contributed by atoms with E-state index >= 15 is 0 Å². The Hall–Kier alpha value is -4.08. The van der Waals surface area contributed by atoms with E-state index in [-0.39, 0.29) is 30.6 Å². The van der Waals surface area contributed by atoms with E-state index in [0.717, 1.165) is 5.56 Å². The SMILES string of the molecule is CNC(=O)[C@@H](Cc1ccccc1)Nc1nc2ccc(OC/C(=C\F)CNC(=O)OC(C)(C)C)cc2o1. The maximum Gasteiger partial charge on any atom is 0.407 e. The monoisotopic (exact) mass is 498 g/mol. The summed E-state index contributed by atoms with van der Waals surface area (Å²) in [6.45, 7) is 5.07. The minimum absolute atomic E-state index is 0.0632.